The summed E-state index contributed by atoms with van der Waals surface area (Å²) in [5, 5.41) is 25.9. The molecule has 0 aliphatic heterocycles. The number of carboxylic acid groups (broad SMARTS) is 1. The number of hydrogen-bond donors (Lipinski definition) is 4. The van der Waals surface area contributed by atoms with Gasteiger partial charge in [0.2, 0.25) is 0 Å². The number of nitrogens with one attached hydrogen (secondary N) is 2. The van der Waals surface area contributed by atoms with Gasteiger partial charge in [0.1, 0.15) is 16.3 Å². The van der Waals surface area contributed by atoms with Crippen LogP contribution in [0.3, 0.4) is 0 Å². The second kappa shape index (κ2) is 6.02. The minimum absolute atomic E-state index is 0.223. The largest absolute Gasteiger partial charge is 0.507 e. The summed E-state index contributed by atoms with van der Waals surface area (Å²) in [7, 11) is 0. The molecule has 0 unspecified atom stereocenters. The molecule has 1 aromatic carbocycles. The van der Waals surface area contributed by atoms with Crippen molar-refractivity contribution in [1.82, 2.24) is 10.3 Å². The van der Waals surface area contributed by atoms with Crippen LogP contribution in [0.2, 0.25) is 0 Å². The van der Waals surface area contributed by atoms with E-state index >= 15 is 0 Å². The van der Waals surface area contributed by atoms with Crippen molar-refractivity contribution in [3.05, 3.63) is 40.3 Å². The summed E-state index contributed by atoms with van der Waals surface area (Å²) in [6, 6.07) is 3.31. The van der Waals surface area contributed by atoms with Crippen LogP contribution in [0, 0.1) is 0 Å². The van der Waals surface area contributed by atoms with E-state index < -0.39 is 17.7 Å². The maximum Gasteiger partial charge on any atom is 0.339 e. The minimum atomic E-state index is -1.23. The van der Waals surface area contributed by atoms with Crippen LogP contribution in [0.4, 0.5) is 10.5 Å². The fourth-order valence-electron chi connectivity index (χ4n) is 1.46. The van der Waals surface area contributed by atoms with E-state index in [1.165, 1.54) is 29.5 Å². The van der Waals surface area contributed by atoms with Crippen molar-refractivity contribution in [2.45, 2.75) is 6.54 Å². The van der Waals surface area contributed by atoms with E-state index in [0.29, 0.717) is 12.2 Å². The first-order valence-electron chi connectivity index (χ1n) is 5.56. The molecule has 1 aromatic heterocycles. The zero-order valence-electron chi connectivity index (χ0n) is 10.2. The molecule has 7 nitrogen and oxygen atoms in total. The average molecular weight is 293 g/mol. The van der Waals surface area contributed by atoms with Crippen molar-refractivity contribution in [3.63, 3.8) is 0 Å². The quantitative estimate of drug-likeness (QED) is 0.687. The number of anilines is 1. The number of hydrogen-bond acceptors (Lipinski definition) is 5. The van der Waals surface area contributed by atoms with Crippen LogP contribution in [0.15, 0.2) is 29.8 Å². The van der Waals surface area contributed by atoms with E-state index in [0.717, 1.165) is 5.01 Å². The van der Waals surface area contributed by atoms with Gasteiger partial charge in [-0.1, -0.05) is 0 Å². The van der Waals surface area contributed by atoms with Crippen LogP contribution in [0.5, 0.6) is 5.75 Å². The molecule has 0 aliphatic carbocycles. The molecule has 2 aromatic rings. The van der Waals surface area contributed by atoms with Gasteiger partial charge in [-0.05, 0) is 12.1 Å². The van der Waals surface area contributed by atoms with Gasteiger partial charge in [0.25, 0.3) is 0 Å². The van der Waals surface area contributed by atoms with E-state index in [1.807, 2.05) is 0 Å². The Kier molecular flexibility index (Phi) is 4.16. The normalized spacial score (nSPS) is 10.0. The molecule has 1 heterocycles. The Hall–Kier alpha value is -2.61. The molecule has 0 bridgehead atoms. The molecule has 20 heavy (non-hydrogen) atoms. The number of aromatic hydroxyl groups is 1. The summed E-state index contributed by atoms with van der Waals surface area (Å²) >= 11 is 1.42. The summed E-state index contributed by atoms with van der Waals surface area (Å²) in [6.07, 6.45) is 1.64. The third-order valence-corrected chi connectivity index (χ3v) is 3.15. The summed E-state index contributed by atoms with van der Waals surface area (Å²) in [6.45, 7) is 0.294. The lowest BCUT2D eigenvalue weighted by atomic mass is 10.2. The van der Waals surface area contributed by atoms with Gasteiger partial charge in [-0.25, -0.2) is 14.6 Å². The molecule has 0 saturated carbocycles. The lowest BCUT2D eigenvalue weighted by Crippen LogP contribution is -2.28. The molecule has 0 spiro atoms. The maximum absolute atomic E-state index is 11.6. The second-order valence-corrected chi connectivity index (χ2v) is 4.75. The molecule has 0 saturated heterocycles. The molecule has 0 aliphatic rings. The number of aromatic carboxylic acids is 1. The summed E-state index contributed by atoms with van der Waals surface area (Å²) in [5.41, 5.74) is 0.0721. The van der Waals surface area contributed by atoms with E-state index in [4.69, 9.17) is 5.11 Å². The first kappa shape index (κ1) is 13.8. The van der Waals surface area contributed by atoms with Crippen molar-refractivity contribution in [1.29, 1.82) is 0 Å². The standard InChI is InChI=1S/C12H11N3O4S/c16-9-5-7(1-2-8(9)11(17)18)15-12(19)14-6-10-13-3-4-20-10/h1-5,16H,6H2,(H,17,18)(H2,14,15,19). The zero-order chi connectivity index (χ0) is 14.5. The molecule has 2 rings (SSSR count). The van der Waals surface area contributed by atoms with E-state index in [9.17, 15) is 14.7 Å². The van der Waals surface area contributed by atoms with Crippen LogP contribution in [0.25, 0.3) is 0 Å². The molecule has 8 heteroatoms. The number of carboxylic acids is 1. The van der Waals surface area contributed by atoms with Crippen molar-refractivity contribution in [3.8, 4) is 5.75 Å². The number of thiazole rings is 1. The van der Waals surface area contributed by atoms with E-state index in [-0.39, 0.29) is 5.56 Å². The first-order chi connectivity index (χ1) is 9.56. The third kappa shape index (κ3) is 3.45. The van der Waals surface area contributed by atoms with E-state index in [2.05, 4.69) is 15.6 Å². The van der Waals surface area contributed by atoms with Crippen LogP contribution < -0.4 is 10.6 Å². The Morgan fingerprint density at radius 3 is 2.75 bits per heavy atom. The molecule has 0 atom stereocenters. The second-order valence-electron chi connectivity index (χ2n) is 3.77. The Labute approximate surface area is 117 Å². The predicted octanol–water partition coefficient (Wildman–Crippen LogP) is 1.87. The number of aromatic nitrogens is 1. The Morgan fingerprint density at radius 1 is 1.35 bits per heavy atom. The topological polar surface area (TPSA) is 112 Å². The van der Waals surface area contributed by atoms with Crippen LogP contribution >= 0.6 is 11.3 Å². The molecule has 0 fully saturated rings. The van der Waals surface area contributed by atoms with Gasteiger partial charge < -0.3 is 20.8 Å². The number of carbonyl (C=O) groups is 2. The predicted molar refractivity (Wildman–Crippen MR) is 73.0 cm³/mol. The van der Waals surface area contributed by atoms with Crippen LogP contribution in [0.1, 0.15) is 15.4 Å². The van der Waals surface area contributed by atoms with E-state index in [1.54, 1.807) is 11.6 Å². The van der Waals surface area contributed by atoms with Gasteiger partial charge in [0.15, 0.2) is 0 Å². The van der Waals surface area contributed by atoms with Gasteiger partial charge >= 0.3 is 12.0 Å². The Balaban J connectivity index is 1.94. The SMILES string of the molecule is O=C(NCc1nccs1)Nc1ccc(C(=O)O)c(O)c1. The maximum atomic E-state index is 11.6. The summed E-state index contributed by atoms with van der Waals surface area (Å²) in [5.74, 6) is -1.64. The van der Waals surface area contributed by atoms with Crippen molar-refractivity contribution >= 4 is 29.0 Å². The number of amides is 2. The fourth-order valence-corrected chi connectivity index (χ4v) is 2.02. The first-order valence-corrected chi connectivity index (χ1v) is 6.44. The smallest absolute Gasteiger partial charge is 0.339 e. The highest BCUT2D eigenvalue weighted by Crippen LogP contribution is 2.21. The summed E-state index contributed by atoms with van der Waals surface area (Å²) < 4.78 is 0. The average Bonchev–Trinajstić information content (AvgIpc) is 2.89. The lowest BCUT2D eigenvalue weighted by Gasteiger charge is -2.07. The van der Waals surface area contributed by atoms with Gasteiger partial charge in [-0.15, -0.1) is 11.3 Å². The fraction of sp³-hybridized carbons (Fsp3) is 0.0833. The van der Waals surface area contributed by atoms with Gasteiger partial charge in [-0.3, -0.25) is 0 Å². The van der Waals surface area contributed by atoms with Gasteiger partial charge in [0, 0.05) is 23.3 Å². The molecule has 104 valence electrons. The monoisotopic (exact) mass is 293 g/mol. The van der Waals surface area contributed by atoms with Crippen LogP contribution in [-0.4, -0.2) is 27.2 Å². The van der Waals surface area contributed by atoms with Crippen molar-refractivity contribution in [2.24, 2.45) is 0 Å². The number of carbonyl (C=O) groups excluding carboxylic acids is 1. The van der Waals surface area contributed by atoms with Crippen molar-refractivity contribution in [2.75, 3.05) is 5.32 Å². The Morgan fingerprint density at radius 2 is 2.15 bits per heavy atom. The van der Waals surface area contributed by atoms with Crippen LogP contribution in [-0.2, 0) is 6.54 Å². The number of urea groups is 1. The third-order valence-electron chi connectivity index (χ3n) is 2.37. The number of phenols is 1. The highest BCUT2D eigenvalue weighted by molar-refractivity contribution is 7.09. The molecule has 4 N–H and O–H groups in total. The lowest BCUT2D eigenvalue weighted by molar-refractivity contribution is 0.0694. The van der Waals surface area contributed by atoms with Gasteiger partial charge in [-0.2, -0.15) is 0 Å². The number of rotatable bonds is 4. The highest BCUT2D eigenvalue weighted by Gasteiger charge is 2.10. The summed E-state index contributed by atoms with van der Waals surface area (Å²) in [4.78, 5) is 26.3. The molecule has 0 radical (unpaired) electrons. The minimum Gasteiger partial charge on any atom is -0.507 e. The zero-order valence-corrected chi connectivity index (χ0v) is 11.0. The van der Waals surface area contributed by atoms with Crippen molar-refractivity contribution < 1.29 is 19.8 Å². The number of benzene rings is 1. The highest BCUT2D eigenvalue weighted by atomic mass is 32.1. The molecular weight excluding hydrogens is 282 g/mol. The van der Waals surface area contributed by atoms with Gasteiger partial charge in [0.05, 0.1) is 6.54 Å². The molecule has 2 amide bonds. The molecular formula is C12H11N3O4S. The Bertz CT molecular complexity index is 628. The number of nitrogens with zero attached hydrogens (tertiary/aromatic N) is 1.